The molecule has 0 saturated carbocycles. The second kappa shape index (κ2) is 7.40. The van der Waals surface area contributed by atoms with E-state index in [0.29, 0.717) is 12.0 Å². The van der Waals surface area contributed by atoms with Crippen molar-refractivity contribution >= 4 is 11.9 Å². The molecule has 132 valence electrons. The number of amides is 3. The van der Waals surface area contributed by atoms with Crippen LogP contribution in [0, 0.1) is 11.3 Å². The fourth-order valence-electron chi connectivity index (χ4n) is 3.37. The first-order valence-corrected chi connectivity index (χ1v) is 8.79. The highest BCUT2D eigenvalue weighted by Crippen LogP contribution is 2.34. The molecule has 1 aliphatic heterocycles. The number of carbonyl (C=O) groups is 2. The molecule has 26 heavy (non-hydrogen) atoms. The van der Waals surface area contributed by atoms with Gasteiger partial charge in [-0.3, -0.25) is 9.69 Å². The highest BCUT2D eigenvalue weighted by Gasteiger charge is 2.51. The lowest BCUT2D eigenvalue weighted by atomic mass is 9.85. The van der Waals surface area contributed by atoms with E-state index in [9.17, 15) is 9.59 Å². The van der Waals surface area contributed by atoms with E-state index < -0.39 is 11.6 Å². The summed E-state index contributed by atoms with van der Waals surface area (Å²) < 4.78 is 0. The van der Waals surface area contributed by atoms with Crippen molar-refractivity contribution in [2.24, 2.45) is 0 Å². The van der Waals surface area contributed by atoms with Crippen LogP contribution in [0.4, 0.5) is 4.79 Å². The van der Waals surface area contributed by atoms with Crippen molar-refractivity contribution in [3.63, 3.8) is 0 Å². The van der Waals surface area contributed by atoms with Gasteiger partial charge in [-0.2, -0.15) is 5.26 Å². The number of urea groups is 1. The number of imide groups is 1. The van der Waals surface area contributed by atoms with E-state index in [1.165, 1.54) is 4.90 Å². The highest BCUT2D eigenvalue weighted by atomic mass is 16.2. The number of carbonyl (C=O) groups excluding carboxylic acids is 2. The lowest BCUT2D eigenvalue weighted by molar-refractivity contribution is -0.132. The molecule has 1 heterocycles. The molecule has 1 fully saturated rings. The topological polar surface area (TPSA) is 73.2 Å². The Morgan fingerprint density at radius 1 is 1.12 bits per heavy atom. The molecule has 0 spiro atoms. The Morgan fingerprint density at radius 3 is 2.58 bits per heavy atom. The molecule has 1 saturated heterocycles. The minimum atomic E-state index is -1.01. The number of nitrogens with one attached hydrogen (secondary N) is 1. The number of benzene rings is 2. The number of hydrogen-bond donors (Lipinski definition) is 1. The van der Waals surface area contributed by atoms with Crippen LogP contribution in [0.15, 0.2) is 54.6 Å². The number of hydrogen-bond acceptors (Lipinski definition) is 3. The summed E-state index contributed by atoms with van der Waals surface area (Å²) in [5.74, 6) is -0.232. The maximum absolute atomic E-state index is 13.3. The molecule has 1 atom stereocenters. The van der Waals surface area contributed by atoms with Crippen LogP contribution < -0.4 is 5.32 Å². The Hall–Kier alpha value is -3.13. The van der Waals surface area contributed by atoms with E-state index in [-0.39, 0.29) is 12.5 Å². The molecule has 3 rings (SSSR count). The molecule has 2 aromatic carbocycles. The third kappa shape index (κ3) is 3.18. The summed E-state index contributed by atoms with van der Waals surface area (Å²) in [6.07, 6.45) is 2.33. The van der Waals surface area contributed by atoms with Gasteiger partial charge in [-0.25, -0.2) is 4.79 Å². The van der Waals surface area contributed by atoms with Crippen LogP contribution in [-0.2, 0) is 16.9 Å². The molecular weight excluding hydrogens is 326 g/mol. The van der Waals surface area contributed by atoms with Crippen LogP contribution in [0.25, 0.3) is 0 Å². The maximum atomic E-state index is 13.3. The van der Waals surface area contributed by atoms with Gasteiger partial charge < -0.3 is 5.32 Å². The Labute approximate surface area is 153 Å². The molecule has 5 nitrogen and oxygen atoms in total. The molecule has 0 aromatic heterocycles. The van der Waals surface area contributed by atoms with Gasteiger partial charge >= 0.3 is 6.03 Å². The van der Waals surface area contributed by atoms with Gasteiger partial charge in [0, 0.05) is 0 Å². The van der Waals surface area contributed by atoms with E-state index in [1.54, 1.807) is 18.2 Å². The molecule has 3 amide bonds. The van der Waals surface area contributed by atoms with E-state index in [0.717, 1.165) is 24.0 Å². The summed E-state index contributed by atoms with van der Waals surface area (Å²) in [6, 6.07) is 18.1. The van der Waals surface area contributed by atoms with Gasteiger partial charge in [-0.1, -0.05) is 62.2 Å². The lowest BCUT2D eigenvalue weighted by Crippen LogP contribution is -2.44. The molecular formula is C21H21N3O2. The first-order valence-electron chi connectivity index (χ1n) is 8.79. The molecule has 0 bridgehead atoms. The normalized spacial score (nSPS) is 19.3. The average Bonchev–Trinajstić information content (AvgIpc) is 2.92. The Balaban J connectivity index is 1.93. The monoisotopic (exact) mass is 347 g/mol. The zero-order valence-corrected chi connectivity index (χ0v) is 14.7. The Morgan fingerprint density at radius 2 is 1.88 bits per heavy atom. The first kappa shape index (κ1) is 17.7. The molecule has 1 unspecified atom stereocenters. The van der Waals surface area contributed by atoms with E-state index >= 15 is 0 Å². The summed E-state index contributed by atoms with van der Waals surface area (Å²) in [7, 11) is 0. The summed E-state index contributed by atoms with van der Waals surface area (Å²) in [5, 5.41) is 12.0. The Kier molecular flexibility index (Phi) is 5.04. The third-order valence-electron chi connectivity index (χ3n) is 4.74. The van der Waals surface area contributed by atoms with Crippen molar-refractivity contribution in [2.75, 3.05) is 0 Å². The van der Waals surface area contributed by atoms with Crippen molar-refractivity contribution < 1.29 is 9.59 Å². The van der Waals surface area contributed by atoms with Crippen LogP contribution in [0.3, 0.4) is 0 Å². The van der Waals surface area contributed by atoms with Crippen molar-refractivity contribution in [3.05, 3.63) is 71.3 Å². The molecule has 0 aliphatic carbocycles. The van der Waals surface area contributed by atoms with Gasteiger partial charge in [-0.15, -0.1) is 0 Å². The standard InChI is InChI=1S/C21H21N3O2/c1-2-3-12-21(18-10-5-4-6-11-18)19(25)24(20(26)23-21)15-17-9-7-8-16(13-17)14-22/h4-11,13H,2-3,12,15H2,1H3,(H,23,26). The van der Waals surface area contributed by atoms with Crippen molar-refractivity contribution in [3.8, 4) is 6.07 Å². The number of nitrogens with zero attached hydrogens (tertiary/aromatic N) is 2. The van der Waals surface area contributed by atoms with Crippen LogP contribution in [-0.4, -0.2) is 16.8 Å². The summed E-state index contributed by atoms with van der Waals surface area (Å²) >= 11 is 0. The number of unbranched alkanes of at least 4 members (excludes halogenated alkanes) is 1. The Bertz CT molecular complexity index is 857. The first-order chi connectivity index (χ1) is 12.6. The smallest absolute Gasteiger partial charge is 0.319 e. The van der Waals surface area contributed by atoms with E-state index in [4.69, 9.17) is 5.26 Å². The minimum Gasteiger partial charge on any atom is -0.319 e. The second-order valence-corrected chi connectivity index (χ2v) is 6.51. The van der Waals surface area contributed by atoms with E-state index in [2.05, 4.69) is 18.3 Å². The van der Waals surface area contributed by atoms with Gasteiger partial charge in [-0.05, 0) is 29.7 Å². The zero-order valence-electron chi connectivity index (χ0n) is 14.7. The van der Waals surface area contributed by atoms with Crippen LogP contribution >= 0.6 is 0 Å². The lowest BCUT2D eigenvalue weighted by Gasteiger charge is -2.27. The third-order valence-corrected chi connectivity index (χ3v) is 4.74. The predicted octanol–water partition coefficient (Wildman–Crippen LogP) is 3.70. The number of nitriles is 1. The second-order valence-electron chi connectivity index (χ2n) is 6.51. The zero-order chi connectivity index (χ0) is 18.6. The fraction of sp³-hybridized carbons (Fsp3) is 0.286. The largest absolute Gasteiger partial charge is 0.325 e. The van der Waals surface area contributed by atoms with Gasteiger partial charge in [0.25, 0.3) is 5.91 Å². The molecule has 1 aliphatic rings. The van der Waals surface area contributed by atoms with Crippen LogP contribution in [0.5, 0.6) is 0 Å². The number of rotatable bonds is 6. The van der Waals surface area contributed by atoms with Gasteiger partial charge in [0.15, 0.2) is 0 Å². The molecule has 2 aromatic rings. The van der Waals surface area contributed by atoms with Crippen LogP contribution in [0.1, 0.15) is 42.9 Å². The molecule has 5 heteroatoms. The van der Waals surface area contributed by atoms with E-state index in [1.807, 2.05) is 36.4 Å². The molecule has 1 N–H and O–H groups in total. The average molecular weight is 347 g/mol. The summed E-state index contributed by atoms with van der Waals surface area (Å²) in [5.41, 5.74) is 1.06. The fourth-order valence-corrected chi connectivity index (χ4v) is 3.37. The predicted molar refractivity (Wildman–Crippen MR) is 97.9 cm³/mol. The highest BCUT2D eigenvalue weighted by molar-refractivity contribution is 6.07. The van der Waals surface area contributed by atoms with Crippen molar-refractivity contribution in [2.45, 2.75) is 38.3 Å². The molecule has 0 radical (unpaired) electrons. The van der Waals surface area contributed by atoms with Crippen molar-refractivity contribution in [1.29, 1.82) is 5.26 Å². The minimum absolute atomic E-state index is 0.154. The summed E-state index contributed by atoms with van der Waals surface area (Å²) in [6.45, 7) is 2.21. The van der Waals surface area contributed by atoms with Gasteiger partial charge in [0.1, 0.15) is 5.54 Å². The maximum Gasteiger partial charge on any atom is 0.325 e. The van der Waals surface area contributed by atoms with Gasteiger partial charge in [0.05, 0.1) is 18.2 Å². The summed E-state index contributed by atoms with van der Waals surface area (Å²) in [4.78, 5) is 27.2. The van der Waals surface area contributed by atoms with Gasteiger partial charge in [0.2, 0.25) is 0 Å². The quantitative estimate of drug-likeness (QED) is 0.810. The van der Waals surface area contributed by atoms with Crippen molar-refractivity contribution in [1.82, 2.24) is 10.2 Å². The SMILES string of the molecule is CCCCC1(c2ccccc2)NC(=O)N(Cc2cccc(C#N)c2)C1=O. The van der Waals surface area contributed by atoms with Crippen LogP contribution in [0.2, 0.25) is 0 Å².